The molecule has 4 heterocycles. The summed E-state index contributed by atoms with van der Waals surface area (Å²) in [6.45, 7) is 1.32. The molecule has 33 heavy (non-hydrogen) atoms. The molecule has 0 saturated carbocycles. The fourth-order valence-corrected chi connectivity index (χ4v) is 4.28. The number of hydrogen-bond acceptors (Lipinski definition) is 6. The summed E-state index contributed by atoms with van der Waals surface area (Å²) in [7, 11) is 1.96. The molecule has 0 bridgehead atoms. The molecule has 0 aliphatic heterocycles. The van der Waals surface area contributed by atoms with E-state index in [0.29, 0.717) is 18.9 Å². The first kappa shape index (κ1) is 19.2. The number of aryl methyl sites for hydroxylation is 1. The highest BCUT2D eigenvalue weighted by Crippen LogP contribution is 2.24. The molecule has 4 aromatic heterocycles. The summed E-state index contributed by atoms with van der Waals surface area (Å²) in [5.74, 6) is 1.36. The van der Waals surface area contributed by atoms with Crippen molar-refractivity contribution in [2.24, 2.45) is 7.05 Å². The molecular formula is C25H22N8. The largest absolute Gasteiger partial charge is 0.383 e. The fourth-order valence-electron chi connectivity index (χ4n) is 4.28. The second kappa shape index (κ2) is 7.59. The summed E-state index contributed by atoms with van der Waals surface area (Å²) in [5.41, 5.74) is 10.4. The van der Waals surface area contributed by atoms with Crippen molar-refractivity contribution in [2.75, 3.05) is 11.1 Å². The molecule has 0 aliphatic carbocycles. The van der Waals surface area contributed by atoms with Crippen LogP contribution in [0.15, 0.2) is 73.3 Å². The van der Waals surface area contributed by atoms with Crippen molar-refractivity contribution in [3.05, 3.63) is 84.4 Å². The van der Waals surface area contributed by atoms with Gasteiger partial charge in [0.2, 0.25) is 0 Å². The van der Waals surface area contributed by atoms with Crippen LogP contribution < -0.4 is 11.1 Å². The number of benzene rings is 2. The molecule has 0 amide bonds. The summed E-state index contributed by atoms with van der Waals surface area (Å²) in [6.07, 6.45) is 7.31. The zero-order chi connectivity index (χ0) is 22.4. The highest BCUT2D eigenvalue weighted by Gasteiger charge is 2.10. The van der Waals surface area contributed by atoms with Gasteiger partial charge < -0.3 is 11.1 Å². The lowest BCUT2D eigenvalue weighted by Gasteiger charge is -2.09. The van der Waals surface area contributed by atoms with Gasteiger partial charge in [0.15, 0.2) is 0 Å². The van der Waals surface area contributed by atoms with Crippen LogP contribution in [0.3, 0.4) is 0 Å². The lowest BCUT2D eigenvalue weighted by atomic mass is 10.1. The van der Waals surface area contributed by atoms with Gasteiger partial charge >= 0.3 is 0 Å². The van der Waals surface area contributed by atoms with Gasteiger partial charge in [-0.3, -0.25) is 9.36 Å². The Morgan fingerprint density at radius 2 is 1.70 bits per heavy atom. The molecule has 6 rings (SSSR count). The smallest absolute Gasteiger partial charge is 0.137 e. The number of nitrogens with two attached hydrogens (primary N) is 1. The average molecular weight is 435 g/mol. The van der Waals surface area contributed by atoms with Crippen LogP contribution in [-0.2, 0) is 20.1 Å². The molecule has 2 aromatic carbocycles. The molecule has 0 atom stereocenters. The van der Waals surface area contributed by atoms with E-state index in [0.717, 1.165) is 44.0 Å². The summed E-state index contributed by atoms with van der Waals surface area (Å²) < 4.78 is 3.90. The predicted molar refractivity (Wildman–Crippen MR) is 131 cm³/mol. The maximum absolute atomic E-state index is 5.97. The Bertz CT molecular complexity index is 1630. The minimum atomic E-state index is 0.549. The van der Waals surface area contributed by atoms with Gasteiger partial charge in [0.1, 0.15) is 11.6 Å². The van der Waals surface area contributed by atoms with Gasteiger partial charge in [-0.05, 0) is 40.8 Å². The summed E-state index contributed by atoms with van der Waals surface area (Å²) >= 11 is 0. The highest BCUT2D eigenvalue weighted by atomic mass is 15.3. The number of nitrogens with zero attached hydrogens (tertiary/aromatic N) is 6. The van der Waals surface area contributed by atoms with E-state index in [2.05, 4.69) is 55.8 Å². The third-order valence-electron chi connectivity index (χ3n) is 6.04. The lowest BCUT2D eigenvalue weighted by molar-refractivity contribution is 0.711. The van der Waals surface area contributed by atoms with Gasteiger partial charge in [0.25, 0.3) is 0 Å². The summed E-state index contributed by atoms with van der Waals surface area (Å²) in [5, 5.41) is 16.6. The highest BCUT2D eigenvalue weighted by molar-refractivity contribution is 5.91. The van der Waals surface area contributed by atoms with Crippen LogP contribution in [0.2, 0.25) is 0 Å². The lowest BCUT2D eigenvalue weighted by Crippen LogP contribution is -2.04. The predicted octanol–water partition coefficient (Wildman–Crippen LogP) is 4.11. The van der Waals surface area contributed by atoms with Gasteiger partial charge in [-0.1, -0.05) is 24.3 Å². The number of anilines is 2. The SMILES string of the molecule is Cn1ncc2ccc(Cn3ncc4c(NCc5ccc6c(N)nccc6c5)nccc43)cc21. The van der Waals surface area contributed by atoms with Crippen LogP contribution in [-0.4, -0.2) is 29.5 Å². The van der Waals surface area contributed by atoms with Crippen LogP contribution in [0.5, 0.6) is 0 Å². The Morgan fingerprint density at radius 3 is 2.64 bits per heavy atom. The molecule has 0 radical (unpaired) electrons. The molecule has 3 N–H and O–H groups in total. The van der Waals surface area contributed by atoms with Gasteiger partial charge in [-0.15, -0.1) is 0 Å². The quantitative estimate of drug-likeness (QED) is 0.424. The van der Waals surface area contributed by atoms with E-state index >= 15 is 0 Å². The Morgan fingerprint density at radius 1 is 0.818 bits per heavy atom. The Balaban J connectivity index is 1.26. The number of aromatic nitrogens is 6. The molecule has 0 fully saturated rings. The fraction of sp³-hybridized carbons (Fsp3) is 0.120. The normalized spacial score (nSPS) is 11.5. The van der Waals surface area contributed by atoms with Crippen molar-refractivity contribution < 1.29 is 0 Å². The van der Waals surface area contributed by atoms with Gasteiger partial charge in [-0.2, -0.15) is 10.2 Å². The molecule has 0 aliphatic rings. The third-order valence-corrected chi connectivity index (χ3v) is 6.04. The first-order chi connectivity index (χ1) is 16.2. The van der Waals surface area contributed by atoms with Crippen LogP contribution in [0.4, 0.5) is 11.6 Å². The van der Waals surface area contributed by atoms with Gasteiger partial charge in [0.05, 0.1) is 35.4 Å². The van der Waals surface area contributed by atoms with Crippen molar-refractivity contribution >= 4 is 44.2 Å². The van der Waals surface area contributed by atoms with Crippen LogP contribution in [0, 0.1) is 0 Å². The molecule has 0 unspecified atom stereocenters. The maximum atomic E-state index is 5.97. The number of pyridine rings is 2. The third kappa shape index (κ3) is 3.41. The van der Waals surface area contributed by atoms with Crippen molar-refractivity contribution in [3.63, 3.8) is 0 Å². The topological polar surface area (TPSA) is 99.5 Å². The Kier molecular flexibility index (Phi) is 4.43. The first-order valence-electron chi connectivity index (χ1n) is 10.7. The van der Waals surface area contributed by atoms with Crippen molar-refractivity contribution in [2.45, 2.75) is 13.1 Å². The van der Waals surface area contributed by atoms with Crippen molar-refractivity contribution in [1.29, 1.82) is 0 Å². The number of hydrogen-bond donors (Lipinski definition) is 2. The van der Waals surface area contributed by atoms with Gasteiger partial charge in [0, 0.05) is 36.8 Å². The van der Waals surface area contributed by atoms with Crippen molar-refractivity contribution in [1.82, 2.24) is 29.5 Å². The monoisotopic (exact) mass is 434 g/mol. The first-order valence-corrected chi connectivity index (χ1v) is 10.7. The zero-order valence-corrected chi connectivity index (χ0v) is 18.1. The van der Waals surface area contributed by atoms with E-state index in [1.54, 1.807) is 6.20 Å². The Hall–Kier alpha value is -4.46. The number of nitrogen functional groups attached to an aromatic ring is 1. The average Bonchev–Trinajstić information content (AvgIpc) is 3.41. The second-order valence-electron chi connectivity index (χ2n) is 8.16. The van der Waals surface area contributed by atoms with Crippen LogP contribution in [0.1, 0.15) is 11.1 Å². The van der Waals surface area contributed by atoms with E-state index in [1.165, 1.54) is 5.56 Å². The zero-order valence-electron chi connectivity index (χ0n) is 18.1. The molecule has 162 valence electrons. The number of rotatable bonds is 5. The number of fused-ring (bicyclic) bond motifs is 3. The summed E-state index contributed by atoms with van der Waals surface area (Å²) in [4.78, 5) is 8.71. The molecule has 6 aromatic rings. The molecule has 0 saturated heterocycles. The van der Waals surface area contributed by atoms with E-state index < -0.39 is 0 Å². The van der Waals surface area contributed by atoms with Crippen LogP contribution in [0.25, 0.3) is 32.6 Å². The Labute approximate surface area is 189 Å². The second-order valence-corrected chi connectivity index (χ2v) is 8.16. The van der Waals surface area contributed by atoms with E-state index in [1.807, 2.05) is 53.2 Å². The van der Waals surface area contributed by atoms with E-state index in [9.17, 15) is 0 Å². The molecule has 8 nitrogen and oxygen atoms in total. The molecule has 8 heteroatoms. The molecular weight excluding hydrogens is 412 g/mol. The van der Waals surface area contributed by atoms with Crippen LogP contribution >= 0.6 is 0 Å². The molecule has 0 spiro atoms. The minimum absolute atomic E-state index is 0.549. The standard InChI is InChI=1S/C25H22N8/c1-32-23-11-17(2-4-19(23)13-30-32)15-33-22-7-9-28-25(21(22)14-31-33)29-12-16-3-5-20-18(10-16)6-8-27-24(20)26/h2-11,13-14H,12,15H2,1H3,(H2,26,27)(H,28,29). The number of nitrogens with one attached hydrogen (secondary N) is 1. The van der Waals surface area contributed by atoms with E-state index in [4.69, 9.17) is 5.73 Å². The van der Waals surface area contributed by atoms with Gasteiger partial charge in [-0.25, -0.2) is 9.97 Å². The van der Waals surface area contributed by atoms with Crippen molar-refractivity contribution in [3.8, 4) is 0 Å². The maximum Gasteiger partial charge on any atom is 0.137 e. The minimum Gasteiger partial charge on any atom is -0.383 e. The van der Waals surface area contributed by atoms with E-state index in [-0.39, 0.29) is 0 Å². The summed E-state index contributed by atoms with van der Waals surface area (Å²) in [6, 6.07) is 16.6.